The first-order valence-corrected chi connectivity index (χ1v) is 7.58. The molecule has 0 amide bonds. The molecule has 0 saturated heterocycles. The summed E-state index contributed by atoms with van der Waals surface area (Å²) < 4.78 is 14.7. The molecule has 0 fully saturated rings. The zero-order valence-electron chi connectivity index (χ0n) is 10.0. The first-order valence-electron chi connectivity index (χ1n) is 5.69. The highest BCUT2D eigenvalue weighted by Crippen LogP contribution is 2.36. The molecule has 6 heteroatoms. The molecule has 1 aromatic carbocycles. The maximum Gasteiger partial charge on any atom is 0.147 e. The molecule has 0 radical (unpaired) electrons. The summed E-state index contributed by atoms with van der Waals surface area (Å²) in [5.74, 6) is -0.341. The molecule has 2 heterocycles. The Kier molecular flexibility index (Phi) is 3.54. The van der Waals surface area contributed by atoms with Crippen LogP contribution >= 0.6 is 33.9 Å². The van der Waals surface area contributed by atoms with Crippen molar-refractivity contribution in [3.63, 3.8) is 0 Å². The fourth-order valence-electron chi connectivity index (χ4n) is 1.84. The number of anilines is 2. The van der Waals surface area contributed by atoms with Gasteiger partial charge in [-0.2, -0.15) is 5.26 Å². The van der Waals surface area contributed by atoms with Gasteiger partial charge in [-0.25, -0.2) is 9.37 Å². The molecule has 0 unspecified atom stereocenters. The molecule has 20 heavy (non-hydrogen) atoms. The van der Waals surface area contributed by atoms with Crippen LogP contribution < -0.4 is 5.32 Å². The monoisotopic (exact) mass is 395 g/mol. The zero-order valence-corrected chi connectivity index (χ0v) is 13.0. The lowest BCUT2D eigenvalue weighted by atomic mass is 10.2. The van der Waals surface area contributed by atoms with E-state index in [1.165, 1.54) is 17.4 Å². The van der Waals surface area contributed by atoms with Gasteiger partial charge in [-0.15, -0.1) is 0 Å². The Morgan fingerprint density at radius 2 is 2.20 bits per heavy atom. The standard InChI is InChI=1S/C14H7FIN3S/c15-11-6-8(16)3-4-12(11)19-14-10(7-17)9-2-1-5-18-13(9)20-14/h1-6,19H. The summed E-state index contributed by atoms with van der Waals surface area (Å²) in [4.78, 5) is 4.98. The van der Waals surface area contributed by atoms with E-state index >= 15 is 0 Å². The lowest BCUT2D eigenvalue weighted by Crippen LogP contribution is -1.93. The van der Waals surface area contributed by atoms with Crippen LogP contribution in [0.1, 0.15) is 5.56 Å². The van der Waals surface area contributed by atoms with Gasteiger partial charge in [0.2, 0.25) is 0 Å². The Balaban J connectivity index is 2.09. The smallest absolute Gasteiger partial charge is 0.147 e. The second kappa shape index (κ2) is 5.34. The molecule has 3 nitrogen and oxygen atoms in total. The minimum absolute atomic E-state index is 0.341. The van der Waals surface area contributed by atoms with Crippen LogP contribution in [-0.2, 0) is 0 Å². The number of hydrogen-bond acceptors (Lipinski definition) is 4. The summed E-state index contributed by atoms with van der Waals surface area (Å²) in [5.41, 5.74) is 0.851. The van der Waals surface area contributed by atoms with Crippen molar-refractivity contribution in [2.24, 2.45) is 0 Å². The van der Waals surface area contributed by atoms with E-state index < -0.39 is 0 Å². The fraction of sp³-hybridized carbons (Fsp3) is 0. The van der Waals surface area contributed by atoms with E-state index in [-0.39, 0.29) is 5.82 Å². The Morgan fingerprint density at radius 3 is 2.95 bits per heavy atom. The molecule has 0 aliphatic carbocycles. The zero-order chi connectivity index (χ0) is 14.1. The lowest BCUT2D eigenvalue weighted by Gasteiger charge is -2.05. The van der Waals surface area contributed by atoms with Crippen molar-refractivity contribution in [3.8, 4) is 6.07 Å². The largest absolute Gasteiger partial charge is 0.344 e. The molecule has 1 N–H and O–H groups in total. The summed E-state index contributed by atoms with van der Waals surface area (Å²) >= 11 is 3.39. The van der Waals surface area contributed by atoms with E-state index in [9.17, 15) is 9.65 Å². The second-order valence-corrected chi connectivity index (χ2v) is 6.27. The van der Waals surface area contributed by atoms with Crippen molar-refractivity contribution in [1.29, 1.82) is 5.26 Å². The predicted octanol–water partition coefficient (Wildman–Crippen LogP) is 4.66. The molecule has 0 saturated carbocycles. The van der Waals surface area contributed by atoms with Crippen molar-refractivity contribution < 1.29 is 4.39 Å². The van der Waals surface area contributed by atoms with Crippen LogP contribution in [0.25, 0.3) is 10.2 Å². The molecular formula is C14H7FIN3S. The van der Waals surface area contributed by atoms with Crippen molar-refractivity contribution >= 4 is 54.8 Å². The SMILES string of the molecule is N#Cc1c(Nc2ccc(I)cc2F)sc2ncccc12. The summed E-state index contributed by atoms with van der Waals surface area (Å²) in [5, 5.41) is 13.7. The fourth-order valence-corrected chi connectivity index (χ4v) is 3.30. The van der Waals surface area contributed by atoms with Gasteiger partial charge < -0.3 is 5.32 Å². The number of nitriles is 1. The van der Waals surface area contributed by atoms with E-state index in [0.717, 1.165) is 13.8 Å². The van der Waals surface area contributed by atoms with E-state index in [0.29, 0.717) is 16.3 Å². The average Bonchev–Trinajstić information content (AvgIpc) is 2.79. The number of thiophene rings is 1. The number of halogens is 2. The topological polar surface area (TPSA) is 48.7 Å². The van der Waals surface area contributed by atoms with Gasteiger partial charge in [0, 0.05) is 15.2 Å². The van der Waals surface area contributed by atoms with Crippen molar-refractivity contribution in [3.05, 3.63) is 51.5 Å². The molecule has 3 aromatic rings. The Bertz CT molecular complexity index is 838. The van der Waals surface area contributed by atoms with Gasteiger partial charge in [-0.1, -0.05) is 11.3 Å². The van der Waals surface area contributed by atoms with E-state index in [1.807, 2.05) is 12.1 Å². The van der Waals surface area contributed by atoms with Crippen LogP contribution in [0.3, 0.4) is 0 Å². The lowest BCUT2D eigenvalue weighted by molar-refractivity contribution is 0.631. The number of fused-ring (bicyclic) bond motifs is 1. The van der Waals surface area contributed by atoms with Crippen LogP contribution in [0.4, 0.5) is 15.1 Å². The Hall–Kier alpha value is -1.72. The summed E-state index contributed by atoms with van der Waals surface area (Å²) in [6.07, 6.45) is 1.68. The molecule has 2 aromatic heterocycles. The van der Waals surface area contributed by atoms with Crippen LogP contribution in [-0.4, -0.2) is 4.98 Å². The second-order valence-electron chi connectivity index (χ2n) is 4.02. The number of hydrogen-bond donors (Lipinski definition) is 1. The van der Waals surface area contributed by atoms with Gasteiger partial charge in [0.1, 0.15) is 21.7 Å². The molecule has 0 aliphatic rings. The van der Waals surface area contributed by atoms with E-state index in [1.54, 1.807) is 18.3 Å². The Labute approximate surface area is 132 Å². The number of nitrogens with zero attached hydrogens (tertiary/aromatic N) is 2. The highest BCUT2D eigenvalue weighted by Gasteiger charge is 2.14. The molecule has 0 atom stereocenters. The number of aromatic nitrogens is 1. The quantitative estimate of drug-likeness (QED) is 0.643. The molecule has 0 spiro atoms. The first-order chi connectivity index (χ1) is 9.69. The third-order valence-electron chi connectivity index (χ3n) is 2.76. The first kappa shape index (κ1) is 13.3. The van der Waals surface area contributed by atoms with Gasteiger partial charge >= 0.3 is 0 Å². The van der Waals surface area contributed by atoms with Crippen molar-refractivity contribution in [2.45, 2.75) is 0 Å². The predicted molar refractivity (Wildman–Crippen MR) is 86.7 cm³/mol. The van der Waals surface area contributed by atoms with E-state index in [2.05, 4.69) is 39.0 Å². The number of pyridine rings is 1. The van der Waals surface area contributed by atoms with Gasteiger partial charge in [0.25, 0.3) is 0 Å². The number of rotatable bonds is 2. The molecular weight excluding hydrogens is 388 g/mol. The van der Waals surface area contributed by atoms with Crippen molar-refractivity contribution in [1.82, 2.24) is 4.98 Å². The molecule has 0 bridgehead atoms. The van der Waals surface area contributed by atoms with Crippen LogP contribution in [0.5, 0.6) is 0 Å². The van der Waals surface area contributed by atoms with Crippen LogP contribution in [0, 0.1) is 20.7 Å². The summed E-state index contributed by atoms with van der Waals surface area (Å²) in [6, 6.07) is 10.7. The van der Waals surface area contributed by atoms with Gasteiger partial charge in [0.15, 0.2) is 0 Å². The minimum atomic E-state index is -0.341. The summed E-state index contributed by atoms with van der Waals surface area (Å²) in [7, 11) is 0. The maximum absolute atomic E-state index is 13.9. The third kappa shape index (κ3) is 2.34. The maximum atomic E-state index is 13.9. The van der Waals surface area contributed by atoms with Crippen molar-refractivity contribution in [2.75, 3.05) is 5.32 Å². The molecule has 3 rings (SSSR count). The van der Waals surface area contributed by atoms with E-state index in [4.69, 9.17) is 0 Å². The number of nitrogens with one attached hydrogen (secondary N) is 1. The van der Waals surface area contributed by atoms with Gasteiger partial charge in [-0.3, -0.25) is 0 Å². The molecule has 0 aliphatic heterocycles. The van der Waals surface area contributed by atoms with Gasteiger partial charge in [-0.05, 0) is 52.9 Å². The highest BCUT2D eigenvalue weighted by atomic mass is 127. The average molecular weight is 395 g/mol. The van der Waals surface area contributed by atoms with Crippen LogP contribution in [0.15, 0.2) is 36.5 Å². The normalized spacial score (nSPS) is 10.4. The van der Waals surface area contributed by atoms with Crippen LogP contribution in [0.2, 0.25) is 0 Å². The minimum Gasteiger partial charge on any atom is -0.344 e. The highest BCUT2D eigenvalue weighted by molar-refractivity contribution is 14.1. The van der Waals surface area contributed by atoms with Gasteiger partial charge in [0.05, 0.1) is 11.3 Å². The third-order valence-corrected chi connectivity index (χ3v) is 4.46. The number of benzene rings is 1. The molecule has 98 valence electrons. The summed E-state index contributed by atoms with van der Waals surface area (Å²) in [6.45, 7) is 0. The Morgan fingerprint density at radius 1 is 1.35 bits per heavy atom.